The van der Waals surface area contributed by atoms with Gasteiger partial charge in [0, 0.05) is 25.2 Å². The first-order chi connectivity index (χ1) is 11.4. The number of nitro groups is 1. The lowest BCUT2D eigenvalue weighted by Gasteiger charge is -2.13. The van der Waals surface area contributed by atoms with E-state index in [-0.39, 0.29) is 5.39 Å². The summed E-state index contributed by atoms with van der Waals surface area (Å²) in [6.07, 6.45) is 0. The van der Waals surface area contributed by atoms with Crippen molar-refractivity contribution in [3.63, 3.8) is 0 Å². The average molecular weight is 325 g/mol. The van der Waals surface area contributed by atoms with Gasteiger partial charge in [-0.3, -0.25) is 14.9 Å². The van der Waals surface area contributed by atoms with E-state index in [0.29, 0.717) is 5.52 Å². The molecule has 1 heterocycles. The SMILES string of the molecule is CN(C)c1ccc(-c2ccc3c(O)c([N+](=O)[O-])c(=O)[nH]c3c2)cc1. The highest BCUT2D eigenvalue weighted by Crippen LogP contribution is 2.32. The van der Waals surface area contributed by atoms with Gasteiger partial charge < -0.3 is 15.0 Å². The first-order valence-corrected chi connectivity index (χ1v) is 7.19. The van der Waals surface area contributed by atoms with Gasteiger partial charge in [0.2, 0.25) is 5.75 Å². The second kappa shape index (κ2) is 5.69. The van der Waals surface area contributed by atoms with E-state index in [1.807, 2.05) is 43.3 Å². The minimum Gasteiger partial charge on any atom is -0.501 e. The summed E-state index contributed by atoms with van der Waals surface area (Å²) in [7, 11) is 3.90. The second-order valence-corrected chi connectivity index (χ2v) is 5.61. The van der Waals surface area contributed by atoms with E-state index in [1.165, 1.54) is 0 Å². The van der Waals surface area contributed by atoms with E-state index in [2.05, 4.69) is 4.98 Å². The van der Waals surface area contributed by atoms with Crippen molar-refractivity contribution in [1.82, 2.24) is 4.98 Å². The topological polar surface area (TPSA) is 99.5 Å². The molecule has 2 aromatic carbocycles. The number of nitrogens with zero attached hydrogens (tertiary/aromatic N) is 2. The molecule has 0 unspecified atom stereocenters. The number of aromatic amines is 1. The van der Waals surface area contributed by atoms with Crippen molar-refractivity contribution in [3.8, 4) is 16.9 Å². The maximum Gasteiger partial charge on any atom is 0.375 e. The number of H-pyrrole nitrogens is 1. The van der Waals surface area contributed by atoms with Gasteiger partial charge in [-0.15, -0.1) is 0 Å². The van der Waals surface area contributed by atoms with Crippen molar-refractivity contribution in [1.29, 1.82) is 0 Å². The minimum absolute atomic E-state index is 0.231. The summed E-state index contributed by atoms with van der Waals surface area (Å²) in [6.45, 7) is 0. The number of anilines is 1. The van der Waals surface area contributed by atoms with Gasteiger partial charge in [-0.2, -0.15) is 0 Å². The van der Waals surface area contributed by atoms with Crippen LogP contribution in [0.2, 0.25) is 0 Å². The summed E-state index contributed by atoms with van der Waals surface area (Å²) in [4.78, 5) is 26.2. The number of pyridine rings is 1. The molecule has 3 aromatic rings. The zero-order valence-corrected chi connectivity index (χ0v) is 13.1. The summed E-state index contributed by atoms with van der Waals surface area (Å²) in [5.41, 5.74) is 1.40. The summed E-state index contributed by atoms with van der Waals surface area (Å²) in [6, 6.07) is 12.8. The van der Waals surface area contributed by atoms with E-state index < -0.39 is 21.9 Å². The summed E-state index contributed by atoms with van der Waals surface area (Å²) >= 11 is 0. The van der Waals surface area contributed by atoms with Gasteiger partial charge in [-0.05, 0) is 35.4 Å². The van der Waals surface area contributed by atoms with E-state index in [9.17, 15) is 20.0 Å². The van der Waals surface area contributed by atoms with Crippen LogP contribution >= 0.6 is 0 Å². The van der Waals surface area contributed by atoms with Gasteiger partial charge in [-0.25, -0.2) is 0 Å². The number of rotatable bonds is 3. The van der Waals surface area contributed by atoms with Crippen LogP contribution in [-0.2, 0) is 0 Å². The van der Waals surface area contributed by atoms with Crippen LogP contribution in [-0.4, -0.2) is 29.1 Å². The number of hydrogen-bond donors (Lipinski definition) is 2. The van der Waals surface area contributed by atoms with Crippen molar-refractivity contribution in [2.24, 2.45) is 0 Å². The van der Waals surface area contributed by atoms with Crippen LogP contribution in [0.1, 0.15) is 0 Å². The molecule has 0 spiro atoms. The molecule has 0 saturated carbocycles. The smallest absolute Gasteiger partial charge is 0.375 e. The third-order valence-electron chi connectivity index (χ3n) is 3.86. The van der Waals surface area contributed by atoms with Crippen LogP contribution in [0.25, 0.3) is 22.0 Å². The molecule has 24 heavy (non-hydrogen) atoms. The lowest BCUT2D eigenvalue weighted by molar-refractivity contribution is -0.387. The first kappa shape index (κ1) is 15.5. The maximum atomic E-state index is 11.8. The molecule has 7 nitrogen and oxygen atoms in total. The van der Waals surface area contributed by atoms with Crippen LogP contribution in [0.5, 0.6) is 5.75 Å². The maximum absolute atomic E-state index is 11.8. The summed E-state index contributed by atoms with van der Waals surface area (Å²) in [5, 5.41) is 21.1. The lowest BCUT2D eigenvalue weighted by Crippen LogP contribution is -2.11. The Kier molecular flexibility index (Phi) is 3.69. The Morgan fingerprint density at radius 3 is 2.29 bits per heavy atom. The van der Waals surface area contributed by atoms with Gasteiger partial charge in [0.05, 0.1) is 10.4 Å². The molecule has 0 saturated heterocycles. The third-order valence-corrected chi connectivity index (χ3v) is 3.86. The van der Waals surface area contributed by atoms with Crippen LogP contribution in [0.15, 0.2) is 47.3 Å². The molecule has 2 N–H and O–H groups in total. The van der Waals surface area contributed by atoms with E-state index >= 15 is 0 Å². The van der Waals surface area contributed by atoms with Crippen LogP contribution in [0.3, 0.4) is 0 Å². The Hall–Kier alpha value is -3.35. The molecule has 0 amide bonds. The molecule has 0 aliphatic heterocycles. The summed E-state index contributed by atoms with van der Waals surface area (Å²) in [5.74, 6) is -0.617. The highest BCUT2D eigenvalue weighted by atomic mass is 16.6. The number of hydrogen-bond acceptors (Lipinski definition) is 5. The van der Waals surface area contributed by atoms with Gasteiger partial charge in [0.15, 0.2) is 0 Å². The Morgan fingerprint density at radius 1 is 1.08 bits per heavy atom. The summed E-state index contributed by atoms with van der Waals surface area (Å²) < 4.78 is 0. The molecule has 0 radical (unpaired) electrons. The molecule has 7 heteroatoms. The third kappa shape index (κ3) is 2.56. The van der Waals surface area contributed by atoms with E-state index in [4.69, 9.17) is 0 Å². The Balaban J connectivity index is 2.14. The van der Waals surface area contributed by atoms with Crippen LogP contribution in [0, 0.1) is 10.1 Å². The number of benzene rings is 2. The molecule has 0 aliphatic rings. The highest BCUT2D eigenvalue weighted by Gasteiger charge is 2.22. The number of fused-ring (bicyclic) bond motifs is 1. The zero-order valence-electron chi connectivity index (χ0n) is 13.1. The molecule has 0 fully saturated rings. The molecule has 0 bridgehead atoms. The number of aromatic nitrogens is 1. The Bertz CT molecular complexity index is 991. The largest absolute Gasteiger partial charge is 0.501 e. The van der Waals surface area contributed by atoms with Crippen LogP contribution in [0.4, 0.5) is 11.4 Å². The van der Waals surface area contributed by atoms with Crippen molar-refractivity contribution in [3.05, 3.63) is 62.9 Å². The van der Waals surface area contributed by atoms with Gasteiger partial charge in [-0.1, -0.05) is 18.2 Å². The average Bonchev–Trinajstić information content (AvgIpc) is 2.54. The highest BCUT2D eigenvalue weighted by molar-refractivity contribution is 5.91. The fourth-order valence-electron chi connectivity index (χ4n) is 2.57. The molecular weight excluding hydrogens is 310 g/mol. The van der Waals surface area contributed by atoms with E-state index in [1.54, 1.807) is 18.2 Å². The predicted molar refractivity (Wildman–Crippen MR) is 92.7 cm³/mol. The molecule has 122 valence electrons. The van der Waals surface area contributed by atoms with Crippen molar-refractivity contribution in [2.45, 2.75) is 0 Å². The lowest BCUT2D eigenvalue weighted by atomic mass is 10.0. The number of nitrogens with one attached hydrogen (secondary N) is 1. The minimum atomic E-state index is -0.926. The number of aromatic hydroxyl groups is 1. The monoisotopic (exact) mass is 325 g/mol. The van der Waals surface area contributed by atoms with Crippen LogP contribution < -0.4 is 10.5 Å². The molecule has 3 rings (SSSR count). The van der Waals surface area contributed by atoms with Gasteiger partial charge >= 0.3 is 11.2 Å². The Labute approximate surface area is 136 Å². The van der Waals surface area contributed by atoms with Gasteiger partial charge in [0.1, 0.15) is 0 Å². The quantitative estimate of drug-likeness (QED) is 0.570. The fourth-order valence-corrected chi connectivity index (χ4v) is 2.57. The molecule has 1 aromatic heterocycles. The molecule has 0 atom stereocenters. The normalized spacial score (nSPS) is 10.8. The second-order valence-electron chi connectivity index (χ2n) is 5.61. The van der Waals surface area contributed by atoms with E-state index in [0.717, 1.165) is 16.8 Å². The zero-order chi connectivity index (χ0) is 17.4. The molecular formula is C17H15N3O4. The standard InChI is InChI=1S/C17H15N3O4/c1-19(2)12-6-3-10(4-7-12)11-5-8-13-14(9-11)18-17(22)15(16(13)21)20(23)24/h3-9H,1-2H3,(H2,18,21,22). The van der Waals surface area contributed by atoms with Crippen molar-refractivity contribution >= 4 is 22.3 Å². The Morgan fingerprint density at radius 2 is 1.71 bits per heavy atom. The molecule has 0 aliphatic carbocycles. The van der Waals surface area contributed by atoms with Gasteiger partial charge in [0.25, 0.3) is 0 Å². The first-order valence-electron chi connectivity index (χ1n) is 7.19. The van der Waals surface area contributed by atoms with Crippen molar-refractivity contribution < 1.29 is 10.0 Å². The van der Waals surface area contributed by atoms with Crippen molar-refractivity contribution in [2.75, 3.05) is 19.0 Å². The fraction of sp³-hybridized carbons (Fsp3) is 0.118. The predicted octanol–water partition coefficient (Wildman–Crippen LogP) is 2.87.